The van der Waals surface area contributed by atoms with Gasteiger partial charge in [0, 0.05) is 43.4 Å². The van der Waals surface area contributed by atoms with Crippen LogP contribution in [0.25, 0.3) is 0 Å². The summed E-state index contributed by atoms with van der Waals surface area (Å²) in [4.78, 5) is 9.28. The van der Waals surface area contributed by atoms with Crippen LogP contribution in [0.2, 0.25) is 0 Å². The van der Waals surface area contributed by atoms with Gasteiger partial charge >= 0.3 is 0 Å². The molecule has 0 amide bonds. The summed E-state index contributed by atoms with van der Waals surface area (Å²) in [6.45, 7) is 5.98. The molecule has 0 radical (unpaired) electrons. The van der Waals surface area contributed by atoms with E-state index in [-0.39, 0.29) is 0 Å². The second kappa shape index (κ2) is 4.94. The molecule has 0 aromatic carbocycles. The van der Waals surface area contributed by atoms with Crippen molar-refractivity contribution in [1.82, 2.24) is 9.88 Å². The van der Waals surface area contributed by atoms with E-state index in [1.54, 1.807) is 0 Å². The van der Waals surface area contributed by atoms with Gasteiger partial charge in [0.2, 0.25) is 0 Å². The minimum Gasteiger partial charge on any atom is -0.368 e. The first-order valence-electron chi connectivity index (χ1n) is 6.39. The zero-order valence-electron chi connectivity index (χ0n) is 9.98. The Labute approximate surface area is 111 Å². The van der Waals surface area contributed by atoms with Gasteiger partial charge in [0.15, 0.2) is 0 Å². The van der Waals surface area contributed by atoms with E-state index in [0.29, 0.717) is 0 Å². The predicted octanol–water partition coefficient (Wildman–Crippen LogP) is 2.38. The summed E-state index contributed by atoms with van der Waals surface area (Å²) >= 11 is 3.48. The van der Waals surface area contributed by atoms with Crippen LogP contribution in [0.5, 0.6) is 0 Å². The molecule has 0 spiro atoms. The molecule has 3 nitrogen and oxygen atoms in total. The van der Waals surface area contributed by atoms with Crippen LogP contribution in [0.15, 0.2) is 22.9 Å². The van der Waals surface area contributed by atoms with Crippen LogP contribution in [-0.2, 0) is 0 Å². The average molecular weight is 296 g/mol. The summed E-state index contributed by atoms with van der Waals surface area (Å²) < 4.78 is 1.07. The highest BCUT2D eigenvalue weighted by Gasteiger charge is 2.26. The molecular formula is C13H18BrN3. The quantitative estimate of drug-likeness (QED) is 0.853. The number of rotatable bonds is 3. The van der Waals surface area contributed by atoms with E-state index in [1.807, 2.05) is 12.4 Å². The number of piperazine rings is 1. The molecule has 1 saturated heterocycles. The molecule has 92 valence electrons. The minimum absolute atomic E-state index is 1.01. The Hall–Kier alpha value is -0.610. The molecule has 4 heteroatoms. The van der Waals surface area contributed by atoms with Gasteiger partial charge in [-0.05, 0) is 40.8 Å². The van der Waals surface area contributed by atoms with Crippen molar-refractivity contribution in [3.05, 3.63) is 22.9 Å². The van der Waals surface area contributed by atoms with Gasteiger partial charge in [0.1, 0.15) is 0 Å². The molecule has 1 aromatic rings. The zero-order chi connectivity index (χ0) is 11.7. The lowest BCUT2D eigenvalue weighted by Crippen LogP contribution is -2.47. The van der Waals surface area contributed by atoms with Gasteiger partial charge in [-0.1, -0.05) is 0 Å². The van der Waals surface area contributed by atoms with E-state index in [4.69, 9.17) is 0 Å². The van der Waals surface area contributed by atoms with E-state index in [9.17, 15) is 0 Å². The van der Waals surface area contributed by atoms with Crippen LogP contribution in [0.1, 0.15) is 12.8 Å². The van der Waals surface area contributed by atoms with Crippen molar-refractivity contribution >= 4 is 21.6 Å². The lowest BCUT2D eigenvalue weighted by Gasteiger charge is -2.36. The van der Waals surface area contributed by atoms with Gasteiger partial charge < -0.3 is 4.90 Å². The lowest BCUT2D eigenvalue weighted by atomic mass is 10.2. The van der Waals surface area contributed by atoms with Crippen LogP contribution in [0.4, 0.5) is 5.69 Å². The van der Waals surface area contributed by atoms with Crippen molar-refractivity contribution in [2.24, 2.45) is 5.92 Å². The second-order valence-corrected chi connectivity index (χ2v) is 6.01. The first kappa shape index (κ1) is 11.5. The van der Waals surface area contributed by atoms with Gasteiger partial charge in [0.05, 0.1) is 11.9 Å². The van der Waals surface area contributed by atoms with Crippen molar-refractivity contribution in [2.45, 2.75) is 12.8 Å². The third-order valence-corrected chi connectivity index (χ3v) is 4.07. The van der Waals surface area contributed by atoms with Crippen LogP contribution in [0, 0.1) is 5.92 Å². The second-order valence-electron chi connectivity index (χ2n) is 5.09. The van der Waals surface area contributed by atoms with Crippen molar-refractivity contribution in [2.75, 3.05) is 37.6 Å². The molecule has 2 aliphatic rings. The molecule has 0 atom stereocenters. The normalized spacial score (nSPS) is 21.8. The summed E-state index contributed by atoms with van der Waals surface area (Å²) in [6, 6.07) is 2.16. The highest BCUT2D eigenvalue weighted by molar-refractivity contribution is 9.10. The predicted molar refractivity (Wildman–Crippen MR) is 73.3 cm³/mol. The molecule has 2 heterocycles. The monoisotopic (exact) mass is 295 g/mol. The summed E-state index contributed by atoms with van der Waals surface area (Å²) in [5.74, 6) is 1.01. The lowest BCUT2D eigenvalue weighted by molar-refractivity contribution is 0.248. The summed E-state index contributed by atoms with van der Waals surface area (Å²) in [7, 11) is 0. The Morgan fingerprint density at radius 1 is 1.18 bits per heavy atom. The first-order valence-corrected chi connectivity index (χ1v) is 7.18. The van der Waals surface area contributed by atoms with Crippen LogP contribution in [0.3, 0.4) is 0 Å². The van der Waals surface area contributed by atoms with Crippen molar-refractivity contribution in [3.8, 4) is 0 Å². The number of halogens is 1. The van der Waals surface area contributed by atoms with Crippen LogP contribution >= 0.6 is 15.9 Å². The summed E-state index contributed by atoms with van der Waals surface area (Å²) in [5, 5.41) is 0. The van der Waals surface area contributed by atoms with E-state index in [0.717, 1.165) is 23.5 Å². The number of pyridine rings is 1. The van der Waals surface area contributed by atoms with Gasteiger partial charge in [0.25, 0.3) is 0 Å². The topological polar surface area (TPSA) is 19.4 Å². The molecular weight excluding hydrogens is 278 g/mol. The smallest absolute Gasteiger partial charge is 0.0564 e. The number of hydrogen-bond acceptors (Lipinski definition) is 3. The average Bonchev–Trinajstić information content (AvgIpc) is 3.14. The zero-order valence-corrected chi connectivity index (χ0v) is 11.6. The number of aromatic nitrogens is 1. The molecule has 1 aromatic heterocycles. The molecule has 0 unspecified atom stereocenters. The van der Waals surface area contributed by atoms with Crippen LogP contribution in [-0.4, -0.2) is 42.6 Å². The molecule has 1 aliphatic heterocycles. The van der Waals surface area contributed by atoms with Gasteiger partial charge in [-0.3, -0.25) is 9.88 Å². The standard InChI is InChI=1S/C13H18BrN3/c14-12-7-13(9-15-8-12)17-5-3-16(4-6-17)10-11-1-2-11/h7-9,11H,1-6,10H2. The molecule has 1 aliphatic carbocycles. The molecule has 3 rings (SSSR count). The number of anilines is 1. The Morgan fingerprint density at radius 3 is 2.59 bits per heavy atom. The van der Waals surface area contributed by atoms with Crippen LogP contribution < -0.4 is 4.90 Å². The maximum absolute atomic E-state index is 4.23. The fraction of sp³-hybridized carbons (Fsp3) is 0.615. The maximum Gasteiger partial charge on any atom is 0.0564 e. The van der Waals surface area contributed by atoms with E-state index in [2.05, 4.69) is 36.8 Å². The Kier molecular flexibility index (Phi) is 3.34. The fourth-order valence-electron chi connectivity index (χ4n) is 2.43. The summed E-state index contributed by atoms with van der Waals surface area (Å²) in [5.41, 5.74) is 1.24. The minimum atomic E-state index is 1.01. The number of hydrogen-bond donors (Lipinski definition) is 0. The SMILES string of the molecule is Brc1cncc(N2CCN(CC3CC3)CC2)c1. The highest BCUT2D eigenvalue weighted by Crippen LogP contribution is 2.30. The van der Waals surface area contributed by atoms with Crippen molar-refractivity contribution < 1.29 is 0 Å². The Balaban J connectivity index is 1.56. The Bertz CT molecular complexity index is 384. The fourth-order valence-corrected chi connectivity index (χ4v) is 2.78. The number of nitrogens with zero attached hydrogens (tertiary/aromatic N) is 3. The van der Waals surface area contributed by atoms with Crippen molar-refractivity contribution in [1.29, 1.82) is 0 Å². The Morgan fingerprint density at radius 2 is 1.94 bits per heavy atom. The van der Waals surface area contributed by atoms with Gasteiger partial charge in [-0.2, -0.15) is 0 Å². The van der Waals surface area contributed by atoms with Gasteiger partial charge in [-0.15, -0.1) is 0 Å². The van der Waals surface area contributed by atoms with E-state index >= 15 is 0 Å². The molecule has 0 bridgehead atoms. The summed E-state index contributed by atoms with van der Waals surface area (Å²) in [6.07, 6.45) is 6.71. The third kappa shape index (κ3) is 2.99. The molecule has 0 N–H and O–H groups in total. The van der Waals surface area contributed by atoms with Crippen molar-refractivity contribution in [3.63, 3.8) is 0 Å². The molecule has 1 saturated carbocycles. The van der Waals surface area contributed by atoms with E-state index < -0.39 is 0 Å². The highest BCUT2D eigenvalue weighted by atomic mass is 79.9. The first-order chi connectivity index (χ1) is 8.31. The largest absolute Gasteiger partial charge is 0.368 e. The van der Waals surface area contributed by atoms with E-state index in [1.165, 1.54) is 38.2 Å². The molecule has 2 fully saturated rings. The third-order valence-electron chi connectivity index (χ3n) is 3.64. The van der Waals surface area contributed by atoms with Gasteiger partial charge in [-0.25, -0.2) is 0 Å². The maximum atomic E-state index is 4.23. The molecule has 17 heavy (non-hydrogen) atoms.